The summed E-state index contributed by atoms with van der Waals surface area (Å²) < 4.78 is 43.3. The predicted octanol–water partition coefficient (Wildman–Crippen LogP) is 4.93. The van der Waals surface area contributed by atoms with E-state index in [-0.39, 0.29) is 11.5 Å². The molecule has 0 aliphatic rings. The Balaban J connectivity index is 2.33. The van der Waals surface area contributed by atoms with Crippen molar-refractivity contribution in [2.75, 3.05) is 0 Å². The van der Waals surface area contributed by atoms with Gasteiger partial charge in [-0.05, 0) is 42.3 Å². The van der Waals surface area contributed by atoms with E-state index in [1.54, 1.807) is 18.2 Å². The molecule has 2 rings (SSSR count). The lowest BCUT2D eigenvalue weighted by atomic mass is 10.1. The smallest absolute Gasteiger partial charge is 0.416 e. The van der Waals surface area contributed by atoms with E-state index in [9.17, 15) is 13.2 Å². The lowest BCUT2D eigenvalue weighted by Crippen LogP contribution is -2.04. The standard InChI is InChI=1S/C16H12F3NO/c1-2-11-6-7-15(12(8-11)10-20)21-14-5-3-4-13(9-14)16(17,18)19/h3-9H,2H2,1H3. The molecule has 0 heterocycles. The number of hydrogen-bond donors (Lipinski definition) is 0. The number of nitrogens with zero attached hydrogens (tertiary/aromatic N) is 1. The fraction of sp³-hybridized carbons (Fsp3) is 0.188. The molecule has 2 nitrogen and oxygen atoms in total. The fourth-order valence-corrected chi connectivity index (χ4v) is 1.84. The summed E-state index contributed by atoms with van der Waals surface area (Å²) in [5, 5.41) is 9.09. The van der Waals surface area contributed by atoms with Crippen molar-refractivity contribution in [3.05, 3.63) is 59.2 Å². The second-order valence-corrected chi connectivity index (χ2v) is 4.42. The third kappa shape index (κ3) is 3.54. The molecule has 0 atom stereocenters. The van der Waals surface area contributed by atoms with Crippen LogP contribution in [0.4, 0.5) is 13.2 Å². The zero-order chi connectivity index (χ0) is 15.5. The molecule has 0 aliphatic carbocycles. The van der Waals surface area contributed by atoms with Gasteiger partial charge in [0.25, 0.3) is 0 Å². The first kappa shape index (κ1) is 14.9. The van der Waals surface area contributed by atoms with Gasteiger partial charge in [0.05, 0.1) is 11.1 Å². The lowest BCUT2D eigenvalue weighted by molar-refractivity contribution is -0.137. The molecule has 0 amide bonds. The van der Waals surface area contributed by atoms with Gasteiger partial charge in [-0.3, -0.25) is 0 Å². The third-order valence-corrected chi connectivity index (χ3v) is 2.96. The van der Waals surface area contributed by atoms with E-state index >= 15 is 0 Å². The molecule has 0 unspecified atom stereocenters. The number of aryl methyl sites for hydroxylation is 1. The van der Waals surface area contributed by atoms with Crippen LogP contribution >= 0.6 is 0 Å². The maximum Gasteiger partial charge on any atom is 0.416 e. The summed E-state index contributed by atoms with van der Waals surface area (Å²) in [4.78, 5) is 0. The van der Waals surface area contributed by atoms with Gasteiger partial charge < -0.3 is 4.74 Å². The first-order chi connectivity index (χ1) is 9.94. The highest BCUT2D eigenvalue weighted by molar-refractivity contribution is 5.47. The summed E-state index contributed by atoms with van der Waals surface area (Å²) in [6, 6.07) is 11.6. The van der Waals surface area contributed by atoms with Crippen LogP contribution in [0, 0.1) is 11.3 Å². The number of halogens is 3. The van der Waals surface area contributed by atoms with Gasteiger partial charge in [-0.15, -0.1) is 0 Å². The molecule has 0 saturated heterocycles. The van der Waals surface area contributed by atoms with Crippen molar-refractivity contribution in [3.8, 4) is 17.6 Å². The number of alkyl halides is 3. The first-order valence-electron chi connectivity index (χ1n) is 6.32. The second kappa shape index (κ2) is 5.88. The normalized spacial score (nSPS) is 11.0. The van der Waals surface area contributed by atoms with Crippen molar-refractivity contribution in [2.24, 2.45) is 0 Å². The van der Waals surface area contributed by atoms with Crippen LogP contribution in [0.25, 0.3) is 0 Å². The summed E-state index contributed by atoms with van der Waals surface area (Å²) in [6.45, 7) is 1.95. The van der Waals surface area contributed by atoms with Crippen molar-refractivity contribution in [1.29, 1.82) is 5.26 Å². The Morgan fingerprint density at radius 2 is 1.90 bits per heavy atom. The second-order valence-electron chi connectivity index (χ2n) is 4.42. The van der Waals surface area contributed by atoms with Gasteiger partial charge in [0.15, 0.2) is 0 Å². The summed E-state index contributed by atoms with van der Waals surface area (Å²) in [7, 11) is 0. The number of rotatable bonds is 3. The molecule has 0 fully saturated rings. The minimum absolute atomic E-state index is 0.0468. The van der Waals surface area contributed by atoms with Crippen LogP contribution in [0.1, 0.15) is 23.6 Å². The quantitative estimate of drug-likeness (QED) is 0.803. The number of ether oxygens (including phenoxy) is 1. The van der Waals surface area contributed by atoms with E-state index in [1.807, 2.05) is 13.0 Å². The Labute approximate surface area is 120 Å². The summed E-state index contributed by atoms with van der Waals surface area (Å²) >= 11 is 0. The molecular weight excluding hydrogens is 279 g/mol. The number of hydrogen-bond acceptors (Lipinski definition) is 2. The summed E-state index contributed by atoms with van der Waals surface area (Å²) in [6.07, 6.45) is -3.66. The molecule has 0 N–H and O–H groups in total. The van der Waals surface area contributed by atoms with Crippen LogP contribution in [-0.2, 0) is 12.6 Å². The van der Waals surface area contributed by atoms with Gasteiger partial charge in [0, 0.05) is 0 Å². The van der Waals surface area contributed by atoms with Crippen LogP contribution in [0.15, 0.2) is 42.5 Å². The van der Waals surface area contributed by atoms with Gasteiger partial charge in [0.1, 0.15) is 17.6 Å². The minimum Gasteiger partial charge on any atom is -0.456 e. The Morgan fingerprint density at radius 3 is 2.52 bits per heavy atom. The molecule has 0 bridgehead atoms. The molecule has 0 saturated carbocycles. The zero-order valence-electron chi connectivity index (χ0n) is 11.2. The Bertz CT molecular complexity index is 687. The molecule has 2 aromatic carbocycles. The van der Waals surface area contributed by atoms with Crippen molar-refractivity contribution in [3.63, 3.8) is 0 Å². The summed E-state index contributed by atoms with van der Waals surface area (Å²) in [5.41, 5.74) is 0.471. The van der Waals surface area contributed by atoms with Crippen LogP contribution in [-0.4, -0.2) is 0 Å². The van der Waals surface area contributed by atoms with Gasteiger partial charge >= 0.3 is 6.18 Å². The van der Waals surface area contributed by atoms with Gasteiger partial charge in [0.2, 0.25) is 0 Å². The predicted molar refractivity (Wildman–Crippen MR) is 72.1 cm³/mol. The molecule has 0 spiro atoms. The van der Waals surface area contributed by atoms with Gasteiger partial charge in [-0.2, -0.15) is 18.4 Å². The lowest BCUT2D eigenvalue weighted by Gasteiger charge is -2.11. The molecule has 2 aromatic rings. The highest BCUT2D eigenvalue weighted by atomic mass is 19.4. The molecular formula is C16H12F3NO. The number of nitriles is 1. The van der Waals surface area contributed by atoms with E-state index in [1.165, 1.54) is 12.1 Å². The van der Waals surface area contributed by atoms with Crippen LogP contribution in [0.3, 0.4) is 0 Å². The van der Waals surface area contributed by atoms with Crippen molar-refractivity contribution >= 4 is 0 Å². The Morgan fingerprint density at radius 1 is 1.14 bits per heavy atom. The zero-order valence-corrected chi connectivity index (χ0v) is 11.2. The minimum atomic E-state index is -4.43. The monoisotopic (exact) mass is 291 g/mol. The van der Waals surface area contributed by atoms with E-state index < -0.39 is 11.7 Å². The van der Waals surface area contributed by atoms with Crippen molar-refractivity contribution in [1.82, 2.24) is 0 Å². The van der Waals surface area contributed by atoms with Crippen LogP contribution < -0.4 is 4.74 Å². The SMILES string of the molecule is CCc1ccc(Oc2cccc(C(F)(F)F)c2)c(C#N)c1. The van der Waals surface area contributed by atoms with E-state index in [0.29, 0.717) is 5.56 Å². The molecule has 0 aliphatic heterocycles. The van der Waals surface area contributed by atoms with Crippen molar-refractivity contribution in [2.45, 2.75) is 19.5 Å². The molecule has 5 heteroatoms. The molecule has 0 aromatic heterocycles. The first-order valence-corrected chi connectivity index (χ1v) is 6.32. The maximum absolute atomic E-state index is 12.6. The third-order valence-electron chi connectivity index (χ3n) is 2.96. The average Bonchev–Trinajstić information content (AvgIpc) is 2.47. The molecule has 21 heavy (non-hydrogen) atoms. The van der Waals surface area contributed by atoms with Crippen LogP contribution in [0.2, 0.25) is 0 Å². The maximum atomic E-state index is 12.6. The van der Waals surface area contributed by atoms with Crippen LogP contribution in [0.5, 0.6) is 11.5 Å². The topological polar surface area (TPSA) is 33.0 Å². The van der Waals surface area contributed by atoms with Gasteiger partial charge in [-0.1, -0.05) is 19.1 Å². The Hall–Kier alpha value is -2.48. The van der Waals surface area contributed by atoms with Gasteiger partial charge in [-0.25, -0.2) is 0 Å². The fourth-order valence-electron chi connectivity index (χ4n) is 1.84. The van der Waals surface area contributed by atoms with E-state index in [4.69, 9.17) is 10.00 Å². The largest absolute Gasteiger partial charge is 0.456 e. The molecule has 0 radical (unpaired) electrons. The van der Waals surface area contributed by atoms with Crippen molar-refractivity contribution < 1.29 is 17.9 Å². The average molecular weight is 291 g/mol. The van der Waals surface area contributed by atoms with E-state index in [0.717, 1.165) is 24.1 Å². The van der Waals surface area contributed by atoms with E-state index in [2.05, 4.69) is 0 Å². The highest BCUT2D eigenvalue weighted by Crippen LogP contribution is 2.33. The Kier molecular flexibility index (Phi) is 4.18. The highest BCUT2D eigenvalue weighted by Gasteiger charge is 2.30. The molecule has 108 valence electrons. The summed E-state index contributed by atoms with van der Waals surface area (Å²) in [5.74, 6) is 0.291. The number of benzene rings is 2.